The van der Waals surface area contributed by atoms with Gasteiger partial charge in [0.05, 0.1) is 6.67 Å². The van der Waals surface area contributed by atoms with Crippen molar-refractivity contribution in [2.45, 2.75) is 59.9 Å². The molecule has 6 heteroatoms. The number of aliphatic hydroxyl groups is 1. The van der Waals surface area contributed by atoms with Gasteiger partial charge >= 0.3 is 0 Å². The predicted molar refractivity (Wildman–Crippen MR) is 86.4 cm³/mol. The van der Waals surface area contributed by atoms with Crippen molar-refractivity contribution in [1.82, 2.24) is 19.2 Å². The van der Waals surface area contributed by atoms with Gasteiger partial charge in [0.25, 0.3) is 0 Å². The highest BCUT2D eigenvalue weighted by Gasteiger charge is 2.22. The van der Waals surface area contributed by atoms with Gasteiger partial charge in [-0.1, -0.05) is 20.8 Å². The average Bonchev–Trinajstić information content (AvgIpc) is 2.77. The Labute approximate surface area is 132 Å². The van der Waals surface area contributed by atoms with Gasteiger partial charge in [-0.2, -0.15) is 5.10 Å². The zero-order valence-electron chi connectivity index (χ0n) is 13.5. The minimum absolute atomic E-state index is 0.0495. The minimum atomic E-state index is -0.0495. The molecule has 1 saturated heterocycles. The van der Waals surface area contributed by atoms with E-state index in [1.165, 1.54) is 12.8 Å². The Hall–Kier alpha value is -0.720. The van der Waals surface area contributed by atoms with Crippen molar-refractivity contribution in [1.29, 1.82) is 0 Å². The number of aromatic nitrogens is 3. The maximum atomic E-state index is 9.43. The topological polar surface area (TPSA) is 46.2 Å². The highest BCUT2D eigenvalue weighted by Crippen LogP contribution is 2.24. The lowest BCUT2D eigenvalue weighted by atomic mass is 9.87. The second-order valence-corrected chi connectivity index (χ2v) is 6.71. The van der Waals surface area contributed by atoms with E-state index in [4.69, 9.17) is 12.2 Å². The molecule has 0 spiro atoms. The van der Waals surface area contributed by atoms with Gasteiger partial charge < -0.3 is 9.67 Å². The third-order valence-corrected chi connectivity index (χ3v) is 4.93. The number of likely N-dealkylation sites (tertiary alicyclic amines) is 1. The fourth-order valence-corrected chi connectivity index (χ4v) is 3.39. The lowest BCUT2D eigenvalue weighted by Crippen LogP contribution is -2.36. The van der Waals surface area contributed by atoms with Crippen LogP contribution in [0.3, 0.4) is 0 Å². The van der Waals surface area contributed by atoms with E-state index in [-0.39, 0.29) is 6.61 Å². The zero-order chi connectivity index (χ0) is 15.4. The standard InChI is InChI=1S/C15H28N4OS/c1-4-7-18-14(10-20)16-19(15(18)21)11-17-8-5-13(6-9-17)12(2)3/h12-13,20H,4-11H2,1-3H3. The fourth-order valence-electron chi connectivity index (χ4n) is 3.09. The highest BCUT2D eigenvalue weighted by molar-refractivity contribution is 7.71. The molecule has 2 heterocycles. The first-order valence-corrected chi connectivity index (χ1v) is 8.47. The minimum Gasteiger partial charge on any atom is -0.388 e. The number of hydrogen-bond acceptors (Lipinski definition) is 4. The second kappa shape index (κ2) is 7.51. The molecule has 2 rings (SSSR count). The van der Waals surface area contributed by atoms with E-state index in [1.54, 1.807) is 0 Å². The van der Waals surface area contributed by atoms with Crippen LogP contribution in [0.1, 0.15) is 45.9 Å². The summed E-state index contributed by atoms with van der Waals surface area (Å²) in [5.41, 5.74) is 0. The lowest BCUT2D eigenvalue weighted by molar-refractivity contribution is 0.121. The summed E-state index contributed by atoms with van der Waals surface area (Å²) in [5.74, 6) is 2.30. The summed E-state index contributed by atoms with van der Waals surface area (Å²) in [6, 6.07) is 0. The average molecular weight is 312 g/mol. The summed E-state index contributed by atoms with van der Waals surface area (Å²) < 4.78 is 4.55. The van der Waals surface area contributed by atoms with Crippen LogP contribution >= 0.6 is 12.2 Å². The largest absolute Gasteiger partial charge is 0.388 e. The fraction of sp³-hybridized carbons (Fsp3) is 0.867. The molecule has 5 nitrogen and oxygen atoms in total. The van der Waals surface area contributed by atoms with Crippen LogP contribution in [0.25, 0.3) is 0 Å². The molecule has 1 N–H and O–H groups in total. The number of piperidine rings is 1. The molecule has 0 aliphatic carbocycles. The molecule has 21 heavy (non-hydrogen) atoms. The molecule has 1 fully saturated rings. The van der Waals surface area contributed by atoms with Gasteiger partial charge in [0.15, 0.2) is 10.6 Å². The molecule has 1 aliphatic rings. The Kier molecular flexibility index (Phi) is 5.96. The van der Waals surface area contributed by atoms with Crippen LogP contribution in [0.4, 0.5) is 0 Å². The Bertz CT molecular complexity index is 500. The molecule has 1 aromatic heterocycles. The first-order chi connectivity index (χ1) is 10.1. The monoisotopic (exact) mass is 312 g/mol. The van der Waals surface area contributed by atoms with Crippen molar-refractivity contribution in [2.24, 2.45) is 11.8 Å². The van der Waals surface area contributed by atoms with Crippen molar-refractivity contribution in [3.05, 3.63) is 10.6 Å². The summed E-state index contributed by atoms with van der Waals surface area (Å²) in [5, 5.41) is 13.9. The van der Waals surface area contributed by atoms with Gasteiger partial charge in [-0.15, -0.1) is 0 Å². The Morgan fingerprint density at radius 2 is 2.00 bits per heavy atom. The Morgan fingerprint density at radius 3 is 2.52 bits per heavy atom. The molecule has 0 amide bonds. The summed E-state index contributed by atoms with van der Waals surface area (Å²) in [4.78, 5) is 2.42. The third kappa shape index (κ3) is 3.93. The van der Waals surface area contributed by atoms with E-state index in [9.17, 15) is 5.11 Å². The number of nitrogens with zero attached hydrogens (tertiary/aromatic N) is 4. The molecule has 0 saturated carbocycles. The van der Waals surface area contributed by atoms with Crippen molar-refractivity contribution in [3.8, 4) is 0 Å². The molecule has 1 aromatic rings. The van der Waals surface area contributed by atoms with Gasteiger partial charge in [-0.25, -0.2) is 4.68 Å². The van der Waals surface area contributed by atoms with Gasteiger partial charge in [-0.3, -0.25) is 4.90 Å². The Morgan fingerprint density at radius 1 is 1.33 bits per heavy atom. The molecule has 0 radical (unpaired) electrons. The van der Waals surface area contributed by atoms with E-state index in [1.807, 2.05) is 9.25 Å². The molecule has 120 valence electrons. The van der Waals surface area contributed by atoms with Gasteiger partial charge in [0.1, 0.15) is 6.61 Å². The summed E-state index contributed by atoms with van der Waals surface area (Å²) in [7, 11) is 0. The molecule has 0 atom stereocenters. The molecule has 1 aliphatic heterocycles. The second-order valence-electron chi connectivity index (χ2n) is 6.35. The summed E-state index contributed by atoms with van der Waals surface area (Å²) in [6.45, 7) is 10.5. The van der Waals surface area contributed by atoms with Gasteiger partial charge in [-0.05, 0) is 43.3 Å². The highest BCUT2D eigenvalue weighted by atomic mass is 32.1. The van der Waals surface area contributed by atoms with E-state index in [2.05, 4.69) is 30.8 Å². The molecule has 0 unspecified atom stereocenters. The van der Waals surface area contributed by atoms with Crippen LogP contribution in [-0.2, 0) is 19.8 Å². The molecular weight excluding hydrogens is 284 g/mol. The van der Waals surface area contributed by atoms with Crippen LogP contribution in [0.15, 0.2) is 0 Å². The van der Waals surface area contributed by atoms with Crippen LogP contribution in [0, 0.1) is 16.6 Å². The van der Waals surface area contributed by atoms with E-state index >= 15 is 0 Å². The van der Waals surface area contributed by atoms with Crippen LogP contribution < -0.4 is 0 Å². The SMILES string of the molecule is CCCn1c(CO)nn(CN2CCC(C(C)C)CC2)c1=S. The van der Waals surface area contributed by atoms with E-state index in [0.29, 0.717) is 5.82 Å². The zero-order valence-corrected chi connectivity index (χ0v) is 14.3. The quantitative estimate of drug-likeness (QED) is 0.820. The lowest BCUT2D eigenvalue weighted by Gasteiger charge is -2.33. The van der Waals surface area contributed by atoms with Crippen molar-refractivity contribution < 1.29 is 5.11 Å². The van der Waals surface area contributed by atoms with Crippen LogP contribution in [-0.4, -0.2) is 37.4 Å². The Balaban J connectivity index is 2.02. The van der Waals surface area contributed by atoms with E-state index < -0.39 is 0 Å². The third-order valence-electron chi connectivity index (χ3n) is 4.50. The predicted octanol–water partition coefficient (Wildman–Crippen LogP) is 2.64. The summed E-state index contributed by atoms with van der Waals surface area (Å²) >= 11 is 5.50. The van der Waals surface area contributed by atoms with Crippen LogP contribution in [0.5, 0.6) is 0 Å². The smallest absolute Gasteiger partial charge is 0.199 e. The maximum Gasteiger partial charge on any atom is 0.199 e. The van der Waals surface area contributed by atoms with E-state index in [0.717, 1.165) is 49.3 Å². The number of aliphatic hydroxyl groups excluding tert-OH is 1. The van der Waals surface area contributed by atoms with Gasteiger partial charge in [0, 0.05) is 19.6 Å². The number of hydrogen-bond donors (Lipinski definition) is 1. The normalized spacial score (nSPS) is 17.8. The summed E-state index contributed by atoms with van der Waals surface area (Å²) in [6.07, 6.45) is 3.51. The van der Waals surface area contributed by atoms with Crippen LogP contribution in [0.2, 0.25) is 0 Å². The van der Waals surface area contributed by atoms with Crippen molar-refractivity contribution in [2.75, 3.05) is 13.1 Å². The first-order valence-electron chi connectivity index (χ1n) is 8.06. The van der Waals surface area contributed by atoms with Crippen molar-refractivity contribution in [3.63, 3.8) is 0 Å². The molecule has 0 bridgehead atoms. The number of rotatable bonds is 6. The van der Waals surface area contributed by atoms with Gasteiger partial charge in [0.2, 0.25) is 0 Å². The molecule has 0 aromatic carbocycles. The maximum absolute atomic E-state index is 9.43. The first kappa shape index (κ1) is 16.6. The molecular formula is C15H28N4OS. The van der Waals surface area contributed by atoms with Crippen molar-refractivity contribution >= 4 is 12.2 Å².